The molecule has 3 heteroatoms. The molecule has 0 aromatic carbocycles. The van der Waals surface area contributed by atoms with Crippen molar-refractivity contribution in [3.8, 4) is 0 Å². The van der Waals surface area contributed by atoms with Crippen LogP contribution in [0.25, 0.3) is 0 Å². The normalized spacial score (nSPS) is 28.7. The summed E-state index contributed by atoms with van der Waals surface area (Å²) in [5.41, 5.74) is 5.92. The molecule has 0 radical (unpaired) electrons. The minimum absolute atomic E-state index is 0.313. The van der Waals surface area contributed by atoms with Crippen molar-refractivity contribution < 1.29 is 0 Å². The van der Waals surface area contributed by atoms with E-state index in [2.05, 4.69) is 37.6 Å². The van der Waals surface area contributed by atoms with Crippen molar-refractivity contribution >= 4 is 0 Å². The van der Waals surface area contributed by atoms with Gasteiger partial charge in [0.2, 0.25) is 0 Å². The number of nitrogens with two attached hydrogens (primary N) is 1. The Morgan fingerprint density at radius 3 is 2.56 bits per heavy atom. The average molecular weight is 227 g/mol. The van der Waals surface area contributed by atoms with Crippen molar-refractivity contribution in [3.63, 3.8) is 0 Å². The highest BCUT2D eigenvalue weighted by molar-refractivity contribution is 4.82. The van der Waals surface area contributed by atoms with Crippen LogP contribution in [-0.2, 0) is 0 Å². The zero-order valence-corrected chi connectivity index (χ0v) is 11.4. The van der Waals surface area contributed by atoms with E-state index in [1.54, 1.807) is 0 Å². The summed E-state index contributed by atoms with van der Waals surface area (Å²) in [6.07, 6.45) is 3.64. The summed E-state index contributed by atoms with van der Waals surface area (Å²) in [6.45, 7) is 10.4. The lowest BCUT2D eigenvalue weighted by Gasteiger charge is -2.36. The van der Waals surface area contributed by atoms with Crippen LogP contribution in [0.1, 0.15) is 40.0 Å². The maximum Gasteiger partial charge on any atom is 0.0223 e. The molecule has 1 rings (SSSR count). The molecule has 0 saturated carbocycles. The molecule has 0 aliphatic carbocycles. The van der Waals surface area contributed by atoms with E-state index >= 15 is 0 Å². The summed E-state index contributed by atoms with van der Waals surface area (Å²) in [6, 6.07) is 1.64. The van der Waals surface area contributed by atoms with Crippen LogP contribution in [-0.4, -0.2) is 54.6 Å². The van der Waals surface area contributed by atoms with Crippen LogP contribution < -0.4 is 5.73 Å². The summed E-state index contributed by atoms with van der Waals surface area (Å²) < 4.78 is 0. The zero-order valence-electron chi connectivity index (χ0n) is 11.4. The van der Waals surface area contributed by atoms with Gasteiger partial charge in [-0.15, -0.1) is 0 Å². The topological polar surface area (TPSA) is 32.5 Å². The lowest BCUT2D eigenvalue weighted by atomic mass is 10.1. The van der Waals surface area contributed by atoms with Gasteiger partial charge in [0.1, 0.15) is 0 Å². The molecule has 0 bridgehead atoms. The molecule has 3 atom stereocenters. The van der Waals surface area contributed by atoms with Gasteiger partial charge in [-0.25, -0.2) is 0 Å². The predicted octanol–water partition coefficient (Wildman–Crippen LogP) is 1.53. The van der Waals surface area contributed by atoms with Gasteiger partial charge in [-0.1, -0.05) is 6.92 Å². The van der Waals surface area contributed by atoms with Gasteiger partial charge in [0.05, 0.1) is 0 Å². The van der Waals surface area contributed by atoms with Crippen molar-refractivity contribution in [1.29, 1.82) is 0 Å². The fourth-order valence-electron chi connectivity index (χ4n) is 2.88. The Hall–Kier alpha value is -0.120. The van der Waals surface area contributed by atoms with Crippen molar-refractivity contribution in [2.45, 2.75) is 58.2 Å². The Morgan fingerprint density at radius 2 is 2.00 bits per heavy atom. The Kier molecular flexibility index (Phi) is 5.73. The van der Waals surface area contributed by atoms with Gasteiger partial charge in [0.25, 0.3) is 0 Å². The second-order valence-corrected chi connectivity index (χ2v) is 5.48. The number of hydrogen-bond acceptors (Lipinski definition) is 3. The largest absolute Gasteiger partial charge is 0.328 e. The minimum atomic E-state index is 0.313. The van der Waals surface area contributed by atoms with Crippen LogP contribution in [0.3, 0.4) is 0 Å². The van der Waals surface area contributed by atoms with Gasteiger partial charge in [0.15, 0.2) is 0 Å². The maximum atomic E-state index is 5.92. The average Bonchev–Trinajstić information content (AvgIpc) is 2.38. The standard InChI is InChI=1S/C13H29N3/c1-5-13-10-15(4)7-6-8-16(13)12(3)9-11(2)14/h11-13H,5-10,14H2,1-4H3. The van der Waals surface area contributed by atoms with E-state index in [1.807, 2.05) is 0 Å². The highest BCUT2D eigenvalue weighted by Crippen LogP contribution is 2.17. The van der Waals surface area contributed by atoms with Crippen molar-refractivity contribution in [2.24, 2.45) is 5.73 Å². The van der Waals surface area contributed by atoms with Crippen LogP contribution in [0.2, 0.25) is 0 Å². The Balaban J connectivity index is 2.59. The molecule has 1 fully saturated rings. The molecule has 1 aliphatic rings. The van der Waals surface area contributed by atoms with Gasteiger partial charge in [0, 0.05) is 24.7 Å². The van der Waals surface area contributed by atoms with E-state index in [-0.39, 0.29) is 0 Å². The number of likely N-dealkylation sites (N-methyl/N-ethyl adjacent to an activating group) is 1. The second-order valence-electron chi connectivity index (χ2n) is 5.48. The molecule has 1 heterocycles. The van der Waals surface area contributed by atoms with Crippen LogP contribution >= 0.6 is 0 Å². The summed E-state index contributed by atoms with van der Waals surface area (Å²) >= 11 is 0. The van der Waals surface area contributed by atoms with E-state index in [4.69, 9.17) is 5.73 Å². The van der Waals surface area contributed by atoms with Crippen molar-refractivity contribution in [2.75, 3.05) is 26.7 Å². The third kappa shape index (κ3) is 4.04. The molecule has 0 aromatic rings. The Morgan fingerprint density at radius 1 is 1.31 bits per heavy atom. The molecule has 0 aromatic heterocycles. The van der Waals surface area contributed by atoms with Gasteiger partial charge in [-0.2, -0.15) is 0 Å². The molecule has 3 nitrogen and oxygen atoms in total. The summed E-state index contributed by atoms with van der Waals surface area (Å²) in [4.78, 5) is 5.14. The van der Waals surface area contributed by atoms with Gasteiger partial charge < -0.3 is 10.6 Å². The fraction of sp³-hybridized carbons (Fsp3) is 1.00. The lowest BCUT2D eigenvalue weighted by Crippen LogP contribution is -2.46. The van der Waals surface area contributed by atoms with E-state index < -0.39 is 0 Å². The molecule has 3 unspecified atom stereocenters. The number of hydrogen-bond donors (Lipinski definition) is 1. The van der Waals surface area contributed by atoms with Crippen molar-refractivity contribution in [3.05, 3.63) is 0 Å². The van der Waals surface area contributed by atoms with E-state index in [0.29, 0.717) is 18.1 Å². The van der Waals surface area contributed by atoms with E-state index in [0.717, 1.165) is 6.42 Å². The highest BCUT2D eigenvalue weighted by atomic mass is 15.2. The third-order valence-corrected chi connectivity index (χ3v) is 3.70. The Bertz CT molecular complexity index is 194. The lowest BCUT2D eigenvalue weighted by molar-refractivity contribution is 0.127. The van der Waals surface area contributed by atoms with Crippen LogP contribution in [0, 0.1) is 0 Å². The fourth-order valence-corrected chi connectivity index (χ4v) is 2.88. The summed E-state index contributed by atoms with van der Waals surface area (Å²) in [5, 5.41) is 0. The van der Waals surface area contributed by atoms with Gasteiger partial charge in [-0.05, 0) is 53.2 Å². The first-order valence-corrected chi connectivity index (χ1v) is 6.74. The molecule has 2 N–H and O–H groups in total. The Labute approximate surface area is 101 Å². The maximum absolute atomic E-state index is 5.92. The molecule has 96 valence electrons. The quantitative estimate of drug-likeness (QED) is 0.790. The first-order valence-electron chi connectivity index (χ1n) is 6.74. The minimum Gasteiger partial charge on any atom is -0.328 e. The van der Waals surface area contributed by atoms with Crippen LogP contribution in [0.4, 0.5) is 0 Å². The SMILES string of the molecule is CCC1CN(C)CCCN1C(C)CC(C)N. The van der Waals surface area contributed by atoms with E-state index in [9.17, 15) is 0 Å². The first-order chi connectivity index (χ1) is 7.54. The number of nitrogens with zero attached hydrogens (tertiary/aromatic N) is 2. The van der Waals surface area contributed by atoms with Gasteiger partial charge >= 0.3 is 0 Å². The van der Waals surface area contributed by atoms with Gasteiger partial charge in [-0.3, -0.25) is 4.90 Å². The monoisotopic (exact) mass is 227 g/mol. The molecule has 1 aliphatic heterocycles. The second kappa shape index (κ2) is 6.58. The number of rotatable bonds is 4. The molecule has 1 saturated heterocycles. The third-order valence-electron chi connectivity index (χ3n) is 3.70. The summed E-state index contributed by atoms with van der Waals surface area (Å²) in [7, 11) is 2.24. The van der Waals surface area contributed by atoms with E-state index in [1.165, 1.54) is 32.5 Å². The first kappa shape index (κ1) is 13.9. The molecule has 0 spiro atoms. The van der Waals surface area contributed by atoms with Crippen LogP contribution in [0.5, 0.6) is 0 Å². The molecule has 0 amide bonds. The molecular formula is C13H29N3. The predicted molar refractivity (Wildman–Crippen MR) is 70.6 cm³/mol. The smallest absolute Gasteiger partial charge is 0.0223 e. The summed E-state index contributed by atoms with van der Waals surface area (Å²) in [5.74, 6) is 0. The highest BCUT2D eigenvalue weighted by Gasteiger charge is 2.25. The van der Waals surface area contributed by atoms with Crippen molar-refractivity contribution in [1.82, 2.24) is 9.80 Å². The zero-order chi connectivity index (χ0) is 12.1. The molecular weight excluding hydrogens is 198 g/mol. The molecule has 16 heavy (non-hydrogen) atoms. The van der Waals surface area contributed by atoms with Crippen LogP contribution in [0.15, 0.2) is 0 Å².